The van der Waals surface area contributed by atoms with Gasteiger partial charge in [-0.3, -0.25) is 0 Å². The molecule has 0 saturated heterocycles. The molecule has 0 bridgehead atoms. The molecule has 1 amide bonds. The summed E-state index contributed by atoms with van der Waals surface area (Å²) in [5, 5.41) is 3.24. The highest BCUT2D eigenvalue weighted by molar-refractivity contribution is 6.30. The Bertz CT molecular complexity index is 632. The van der Waals surface area contributed by atoms with Crippen molar-refractivity contribution in [2.75, 3.05) is 0 Å². The molecule has 0 spiro atoms. The van der Waals surface area contributed by atoms with Crippen LogP contribution in [-0.4, -0.2) is 6.09 Å². The zero-order chi connectivity index (χ0) is 15.1. The Morgan fingerprint density at radius 2 is 1.86 bits per heavy atom. The summed E-state index contributed by atoms with van der Waals surface area (Å²) in [4.78, 5) is 11.8. The van der Waals surface area contributed by atoms with Gasteiger partial charge < -0.3 is 10.1 Å². The second kappa shape index (κ2) is 7.37. The zero-order valence-corrected chi connectivity index (χ0v) is 12.0. The summed E-state index contributed by atoms with van der Waals surface area (Å²) < 4.78 is 5.13. The highest BCUT2D eigenvalue weighted by Gasteiger charge is 2.12. The van der Waals surface area contributed by atoms with Crippen LogP contribution in [0.25, 0.3) is 0 Å². The van der Waals surface area contributed by atoms with Gasteiger partial charge in [-0.25, -0.2) is 4.79 Å². The number of amides is 1. The van der Waals surface area contributed by atoms with Gasteiger partial charge in [0.15, 0.2) is 0 Å². The molecule has 0 radical (unpaired) electrons. The fourth-order valence-corrected chi connectivity index (χ4v) is 1.89. The maximum Gasteiger partial charge on any atom is 0.408 e. The van der Waals surface area contributed by atoms with Gasteiger partial charge in [-0.1, -0.05) is 60.0 Å². The van der Waals surface area contributed by atoms with Gasteiger partial charge >= 0.3 is 6.09 Å². The van der Waals surface area contributed by atoms with Gasteiger partial charge in [-0.15, -0.1) is 6.42 Å². The SMILES string of the molecule is C#CC(NC(=O)OCc1ccccc1)c1ccc(Cl)cc1. The van der Waals surface area contributed by atoms with Gasteiger partial charge in [0, 0.05) is 5.02 Å². The van der Waals surface area contributed by atoms with Gasteiger partial charge in [-0.05, 0) is 23.3 Å². The van der Waals surface area contributed by atoms with Crippen molar-refractivity contribution in [1.29, 1.82) is 0 Å². The highest BCUT2D eigenvalue weighted by Crippen LogP contribution is 2.16. The number of carbonyl (C=O) groups excluding carboxylic acids is 1. The minimum Gasteiger partial charge on any atom is -0.445 e. The summed E-state index contributed by atoms with van der Waals surface area (Å²) in [7, 11) is 0. The van der Waals surface area contributed by atoms with Crippen molar-refractivity contribution in [2.24, 2.45) is 0 Å². The van der Waals surface area contributed by atoms with E-state index in [1.807, 2.05) is 30.3 Å². The molecule has 1 atom stereocenters. The molecule has 2 aromatic rings. The Hall–Kier alpha value is -2.44. The van der Waals surface area contributed by atoms with Crippen molar-refractivity contribution in [2.45, 2.75) is 12.6 Å². The van der Waals surface area contributed by atoms with E-state index in [4.69, 9.17) is 22.8 Å². The predicted molar refractivity (Wildman–Crippen MR) is 82.8 cm³/mol. The molecule has 0 aliphatic carbocycles. The van der Waals surface area contributed by atoms with Crippen LogP contribution in [-0.2, 0) is 11.3 Å². The van der Waals surface area contributed by atoms with Crippen molar-refractivity contribution in [3.8, 4) is 12.3 Å². The molecule has 1 unspecified atom stereocenters. The van der Waals surface area contributed by atoms with Crippen LogP contribution >= 0.6 is 11.6 Å². The third-order valence-corrected chi connectivity index (χ3v) is 3.10. The Balaban J connectivity index is 1.91. The Morgan fingerprint density at radius 3 is 2.48 bits per heavy atom. The number of halogens is 1. The average Bonchev–Trinajstić information content (AvgIpc) is 2.52. The lowest BCUT2D eigenvalue weighted by molar-refractivity contribution is 0.138. The van der Waals surface area contributed by atoms with Crippen LogP contribution in [0.3, 0.4) is 0 Å². The highest BCUT2D eigenvalue weighted by atomic mass is 35.5. The van der Waals surface area contributed by atoms with E-state index in [0.717, 1.165) is 11.1 Å². The van der Waals surface area contributed by atoms with Crippen molar-refractivity contribution in [3.05, 3.63) is 70.7 Å². The molecule has 1 N–H and O–H groups in total. The number of hydrogen-bond donors (Lipinski definition) is 1. The van der Waals surface area contributed by atoms with Gasteiger partial charge in [0.25, 0.3) is 0 Å². The molecule has 0 aliphatic rings. The Kier molecular flexibility index (Phi) is 5.25. The van der Waals surface area contributed by atoms with Gasteiger partial charge in [0.1, 0.15) is 12.6 Å². The Morgan fingerprint density at radius 1 is 1.19 bits per heavy atom. The zero-order valence-electron chi connectivity index (χ0n) is 11.3. The molecular formula is C17H14ClNO2. The van der Waals surface area contributed by atoms with Crippen LogP contribution in [0.5, 0.6) is 0 Å². The topological polar surface area (TPSA) is 38.3 Å². The largest absolute Gasteiger partial charge is 0.445 e. The molecular weight excluding hydrogens is 286 g/mol. The van der Waals surface area contributed by atoms with E-state index in [0.29, 0.717) is 5.02 Å². The van der Waals surface area contributed by atoms with Crippen LogP contribution in [0.2, 0.25) is 5.02 Å². The summed E-state index contributed by atoms with van der Waals surface area (Å²) in [6.07, 6.45) is 4.89. The molecule has 2 rings (SSSR count). The normalized spacial score (nSPS) is 11.2. The molecule has 21 heavy (non-hydrogen) atoms. The molecule has 0 saturated carbocycles. The summed E-state index contributed by atoms with van der Waals surface area (Å²) in [6.45, 7) is 0.199. The van der Waals surface area contributed by atoms with E-state index >= 15 is 0 Å². The van der Waals surface area contributed by atoms with E-state index < -0.39 is 12.1 Å². The number of nitrogens with one attached hydrogen (secondary N) is 1. The number of benzene rings is 2. The van der Waals surface area contributed by atoms with Gasteiger partial charge in [0.2, 0.25) is 0 Å². The first-order valence-corrected chi connectivity index (χ1v) is 6.75. The number of alkyl carbamates (subject to hydrolysis) is 1. The fraction of sp³-hybridized carbons (Fsp3) is 0.118. The number of carbonyl (C=O) groups is 1. The van der Waals surface area contributed by atoms with E-state index in [2.05, 4.69) is 11.2 Å². The number of hydrogen-bond acceptors (Lipinski definition) is 2. The van der Waals surface area contributed by atoms with Crippen molar-refractivity contribution in [3.63, 3.8) is 0 Å². The number of ether oxygens (including phenoxy) is 1. The number of terminal acetylenes is 1. The third-order valence-electron chi connectivity index (χ3n) is 2.84. The van der Waals surface area contributed by atoms with Crippen molar-refractivity contribution < 1.29 is 9.53 Å². The van der Waals surface area contributed by atoms with E-state index in [9.17, 15) is 4.79 Å². The van der Waals surface area contributed by atoms with Gasteiger partial charge in [-0.2, -0.15) is 0 Å². The summed E-state index contributed by atoms with van der Waals surface area (Å²) >= 11 is 5.82. The summed E-state index contributed by atoms with van der Waals surface area (Å²) in [5.41, 5.74) is 1.69. The van der Waals surface area contributed by atoms with E-state index in [1.54, 1.807) is 24.3 Å². The minimum atomic E-state index is -0.559. The molecule has 0 fully saturated rings. The third kappa shape index (κ3) is 4.55. The first-order valence-electron chi connectivity index (χ1n) is 6.38. The smallest absolute Gasteiger partial charge is 0.408 e. The molecule has 0 aromatic heterocycles. The predicted octanol–water partition coefficient (Wildman–Crippen LogP) is 3.94. The van der Waals surface area contributed by atoms with Gasteiger partial charge in [0.05, 0.1) is 0 Å². The van der Waals surface area contributed by atoms with E-state index in [1.165, 1.54) is 0 Å². The maximum atomic E-state index is 11.8. The quantitative estimate of drug-likeness (QED) is 0.868. The van der Waals surface area contributed by atoms with Crippen LogP contribution in [0.1, 0.15) is 17.2 Å². The summed E-state index contributed by atoms with van der Waals surface area (Å²) in [6, 6.07) is 15.9. The second-order valence-electron chi connectivity index (χ2n) is 4.36. The monoisotopic (exact) mass is 299 g/mol. The molecule has 3 nitrogen and oxygen atoms in total. The molecule has 2 aromatic carbocycles. The standard InChI is InChI=1S/C17H14ClNO2/c1-2-16(14-8-10-15(18)11-9-14)19-17(20)21-12-13-6-4-3-5-7-13/h1,3-11,16H,12H2,(H,19,20). The minimum absolute atomic E-state index is 0.199. The number of rotatable bonds is 4. The first kappa shape index (κ1) is 15.0. The Labute approximate surface area is 128 Å². The summed E-state index contributed by atoms with van der Waals surface area (Å²) in [5.74, 6) is 2.51. The van der Waals surface area contributed by atoms with Crippen molar-refractivity contribution >= 4 is 17.7 Å². The maximum absolute atomic E-state index is 11.8. The molecule has 0 heterocycles. The lowest BCUT2D eigenvalue weighted by Crippen LogP contribution is -2.28. The van der Waals surface area contributed by atoms with Crippen LogP contribution in [0.4, 0.5) is 4.79 Å². The second-order valence-corrected chi connectivity index (χ2v) is 4.79. The molecule has 0 aliphatic heterocycles. The first-order chi connectivity index (χ1) is 10.2. The lowest BCUT2D eigenvalue weighted by Gasteiger charge is -2.13. The lowest BCUT2D eigenvalue weighted by atomic mass is 10.1. The van der Waals surface area contributed by atoms with Crippen LogP contribution < -0.4 is 5.32 Å². The molecule has 106 valence electrons. The fourth-order valence-electron chi connectivity index (χ4n) is 1.76. The van der Waals surface area contributed by atoms with Crippen LogP contribution in [0.15, 0.2) is 54.6 Å². The van der Waals surface area contributed by atoms with Crippen molar-refractivity contribution in [1.82, 2.24) is 5.32 Å². The van der Waals surface area contributed by atoms with Crippen LogP contribution in [0, 0.1) is 12.3 Å². The van der Waals surface area contributed by atoms with E-state index in [-0.39, 0.29) is 6.61 Å². The average molecular weight is 300 g/mol. The molecule has 4 heteroatoms.